The van der Waals surface area contributed by atoms with E-state index in [4.69, 9.17) is 10.5 Å². The maximum Gasteiger partial charge on any atom is 0.180 e. The van der Waals surface area contributed by atoms with E-state index in [1.165, 1.54) is 30.4 Å². The van der Waals surface area contributed by atoms with Gasteiger partial charge in [-0.1, -0.05) is 18.2 Å². The van der Waals surface area contributed by atoms with E-state index in [1.807, 2.05) is 0 Å². The van der Waals surface area contributed by atoms with E-state index in [9.17, 15) is 38.6 Å². The maximum absolute atomic E-state index is 15.1. The van der Waals surface area contributed by atoms with Crippen molar-refractivity contribution in [2.75, 3.05) is 0 Å². The van der Waals surface area contributed by atoms with Crippen molar-refractivity contribution < 1.29 is 35.1 Å². The van der Waals surface area contributed by atoms with Gasteiger partial charge in [-0.3, -0.25) is 0 Å². The first-order valence-corrected chi connectivity index (χ1v) is 11.7. The van der Waals surface area contributed by atoms with Gasteiger partial charge in [0.2, 0.25) is 0 Å². The van der Waals surface area contributed by atoms with E-state index >= 15 is 17.6 Å². The molecule has 2 fully saturated rings. The maximum atomic E-state index is 15.1. The second-order valence-corrected chi connectivity index (χ2v) is 9.26. The van der Waals surface area contributed by atoms with Crippen LogP contribution in [0, 0.1) is 126 Å². The molecule has 0 saturated heterocycles. The highest BCUT2D eigenvalue weighted by Crippen LogP contribution is 2.85. The molecule has 210 valence electrons. The van der Waals surface area contributed by atoms with Crippen LogP contribution in [0.3, 0.4) is 0 Å². The quantitative estimate of drug-likeness (QED) is 0.226. The van der Waals surface area contributed by atoms with Crippen molar-refractivity contribution in [1.29, 1.82) is 31.6 Å². The standard InChI is InChI=1S/C30H4F8N6/c31-22-14(8-43)23(32)27(36)18(26(22)35)12(6-41)20-21(30(20)16-2-1-10(3-17(16)30)11(4-39)5-40)13(7-42)19-28(37)24(33)15(9-44)25(34)29(19)38/h1-3,16H/b20-12-,21-13+. The van der Waals surface area contributed by atoms with E-state index in [-0.39, 0.29) is 11.1 Å². The topological polar surface area (TPSA) is 143 Å². The predicted octanol–water partition coefficient (Wildman–Crippen LogP) is 6.27. The van der Waals surface area contributed by atoms with Crippen molar-refractivity contribution in [2.24, 2.45) is 11.3 Å². The average molecular weight is 600 g/mol. The number of nitrogens with zero attached hydrogens (tertiary/aromatic N) is 6. The summed E-state index contributed by atoms with van der Waals surface area (Å²) >= 11 is 0. The minimum atomic E-state index is -2.21. The molecule has 44 heavy (non-hydrogen) atoms. The lowest BCUT2D eigenvalue weighted by molar-refractivity contribution is 0.446. The molecule has 3 aliphatic rings. The fourth-order valence-electron chi connectivity index (χ4n) is 5.47. The van der Waals surface area contributed by atoms with Gasteiger partial charge in [0, 0.05) is 11.5 Å². The third-order valence-corrected chi connectivity index (χ3v) is 7.42. The second kappa shape index (κ2) is 9.81. The summed E-state index contributed by atoms with van der Waals surface area (Å²) in [5, 5.41) is 56.2. The number of hydrogen-bond donors (Lipinski definition) is 0. The van der Waals surface area contributed by atoms with Gasteiger partial charge >= 0.3 is 0 Å². The molecule has 1 spiro atoms. The van der Waals surface area contributed by atoms with Gasteiger partial charge < -0.3 is 0 Å². The third-order valence-electron chi connectivity index (χ3n) is 7.42. The van der Waals surface area contributed by atoms with Crippen LogP contribution in [0.25, 0.3) is 11.1 Å². The van der Waals surface area contributed by atoms with Crippen LogP contribution in [-0.4, -0.2) is 0 Å². The Balaban J connectivity index is 1.96. The summed E-state index contributed by atoms with van der Waals surface area (Å²) in [4.78, 5) is 0. The number of allylic oxidation sites excluding steroid dienone is 10. The summed E-state index contributed by atoms with van der Waals surface area (Å²) in [6.07, 6.45) is 3.71. The van der Waals surface area contributed by atoms with Gasteiger partial charge in [0.1, 0.15) is 53.1 Å². The Hall–Kier alpha value is -6.48. The van der Waals surface area contributed by atoms with E-state index < -0.39 is 108 Å². The summed E-state index contributed by atoms with van der Waals surface area (Å²) in [5.74, 6) is -18.6. The summed E-state index contributed by atoms with van der Waals surface area (Å²) in [6.45, 7) is 0. The number of hydrogen-bond acceptors (Lipinski definition) is 6. The van der Waals surface area contributed by atoms with Crippen LogP contribution in [0.1, 0.15) is 22.3 Å². The third kappa shape index (κ3) is 3.47. The molecule has 0 heterocycles. The van der Waals surface area contributed by atoms with Gasteiger partial charge in [-0.15, -0.1) is 0 Å². The van der Waals surface area contributed by atoms with Crippen molar-refractivity contribution in [1.82, 2.24) is 0 Å². The molecule has 0 aliphatic heterocycles. The van der Waals surface area contributed by atoms with Crippen molar-refractivity contribution in [2.45, 2.75) is 0 Å². The molecule has 2 saturated carbocycles. The number of benzene rings is 2. The molecule has 2 aromatic rings. The first kappa shape index (κ1) is 29.0. The van der Waals surface area contributed by atoms with Gasteiger partial charge in [0.05, 0.1) is 27.7 Å². The molecule has 2 atom stereocenters. The van der Waals surface area contributed by atoms with Crippen LogP contribution in [-0.2, 0) is 0 Å². The first-order valence-electron chi connectivity index (χ1n) is 11.7. The highest BCUT2D eigenvalue weighted by Gasteiger charge is 2.77. The van der Waals surface area contributed by atoms with Gasteiger partial charge in [-0.25, -0.2) is 35.1 Å². The minimum Gasteiger partial charge on any atom is -0.203 e. The number of rotatable bonds is 2. The van der Waals surface area contributed by atoms with Gasteiger partial charge in [-0.2, -0.15) is 31.6 Å². The predicted molar refractivity (Wildman–Crippen MR) is 128 cm³/mol. The van der Waals surface area contributed by atoms with E-state index in [0.29, 0.717) is 0 Å². The largest absolute Gasteiger partial charge is 0.203 e. The number of nitriles is 6. The monoisotopic (exact) mass is 600 g/mol. The van der Waals surface area contributed by atoms with E-state index in [1.54, 1.807) is 12.1 Å². The zero-order valence-electron chi connectivity index (χ0n) is 21.0. The van der Waals surface area contributed by atoms with Gasteiger partial charge in [0.15, 0.2) is 46.5 Å². The molecule has 0 radical (unpaired) electrons. The average Bonchev–Trinajstić information content (AvgIpc) is 3.89. The molecule has 0 N–H and O–H groups in total. The molecule has 3 aliphatic carbocycles. The van der Waals surface area contributed by atoms with Gasteiger partial charge in [-0.05, 0) is 16.7 Å². The highest BCUT2D eigenvalue weighted by atomic mass is 19.2. The van der Waals surface area contributed by atoms with Crippen molar-refractivity contribution in [3.63, 3.8) is 0 Å². The van der Waals surface area contributed by atoms with E-state index in [2.05, 4.69) is 0 Å². The Morgan fingerprint density at radius 2 is 0.955 bits per heavy atom. The molecule has 5 rings (SSSR count). The van der Waals surface area contributed by atoms with E-state index in [0.717, 1.165) is 12.1 Å². The van der Waals surface area contributed by atoms with Crippen molar-refractivity contribution in [3.8, 4) is 36.4 Å². The van der Waals surface area contributed by atoms with Crippen molar-refractivity contribution >= 4 is 11.1 Å². The molecule has 0 bridgehead atoms. The highest BCUT2D eigenvalue weighted by molar-refractivity contribution is 6.05. The van der Waals surface area contributed by atoms with Crippen LogP contribution < -0.4 is 0 Å². The summed E-state index contributed by atoms with van der Waals surface area (Å²) in [5.41, 5.74) is -12.5. The number of halogens is 8. The van der Waals surface area contributed by atoms with Crippen LogP contribution in [0.4, 0.5) is 35.1 Å². The zero-order valence-corrected chi connectivity index (χ0v) is 21.0. The molecule has 0 aromatic heterocycles. The minimum absolute atomic E-state index is 0.0265. The normalized spacial score (nSPS) is 21.0. The van der Waals surface area contributed by atoms with Crippen molar-refractivity contribution in [3.05, 3.63) is 115 Å². The SMILES string of the molecule is N#CC(C#N)=C1C=CC2C(=C1)C21C(=C(/C#N)c2c(F)c(F)c(C#N)c(F)c2F)/C1=C(/C#N)c1c(F)c(F)c(C#N)c(F)c1F. The first-order chi connectivity index (χ1) is 20.9. The molecule has 6 nitrogen and oxygen atoms in total. The summed E-state index contributed by atoms with van der Waals surface area (Å²) in [6, 6.07) is 7.73. The molecule has 2 unspecified atom stereocenters. The summed E-state index contributed by atoms with van der Waals surface area (Å²) in [7, 11) is 0. The number of fused-ring (bicyclic) bond motifs is 3. The Morgan fingerprint density at radius 3 is 1.27 bits per heavy atom. The molecule has 14 heteroatoms. The molecular weight excluding hydrogens is 596 g/mol. The lowest BCUT2D eigenvalue weighted by Crippen LogP contribution is -2.06. The summed E-state index contributed by atoms with van der Waals surface area (Å²) < 4.78 is 119. The molecule has 0 amide bonds. The fourth-order valence-corrected chi connectivity index (χ4v) is 5.47. The van der Waals surface area contributed by atoms with Gasteiger partial charge in [0.25, 0.3) is 0 Å². The van der Waals surface area contributed by atoms with Crippen LogP contribution >= 0.6 is 0 Å². The Morgan fingerprint density at radius 1 is 0.568 bits per heavy atom. The fraction of sp³-hybridized carbons (Fsp3) is 0.0667. The second-order valence-electron chi connectivity index (χ2n) is 9.26. The Labute approximate surface area is 240 Å². The Kier molecular flexibility index (Phi) is 6.47. The lowest BCUT2D eigenvalue weighted by Gasteiger charge is -2.08. The Bertz CT molecular complexity index is 2040. The molecular formula is C30H4F8N6. The zero-order chi connectivity index (χ0) is 32.4. The van der Waals surface area contributed by atoms with Crippen LogP contribution in [0.5, 0.6) is 0 Å². The van der Waals surface area contributed by atoms with Crippen LogP contribution in [0.15, 0.2) is 46.1 Å². The van der Waals surface area contributed by atoms with Crippen LogP contribution in [0.2, 0.25) is 0 Å². The molecule has 2 aromatic carbocycles. The smallest absolute Gasteiger partial charge is 0.180 e. The lowest BCUT2D eigenvalue weighted by atomic mass is 9.99.